The van der Waals surface area contributed by atoms with Crippen LogP contribution in [-0.2, 0) is 0 Å². The van der Waals surface area contributed by atoms with Crippen molar-refractivity contribution in [3.05, 3.63) is 27.8 Å². The van der Waals surface area contributed by atoms with Crippen LogP contribution in [0.25, 0.3) is 0 Å². The summed E-state index contributed by atoms with van der Waals surface area (Å²) in [6.45, 7) is 1.64. The standard InChI is InChI=1S/C13H18IN3O/c1-15-11-6-8-17(9-7-11)13(18)16-12-4-2-10(14)3-5-12/h2-5,11,15H,6-9H2,1H3,(H,16,18). The second kappa shape index (κ2) is 6.38. The first-order valence-electron chi connectivity index (χ1n) is 6.18. The lowest BCUT2D eigenvalue weighted by atomic mass is 10.1. The van der Waals surface area contributed by atoms with Crippen LogP contribution in [0.15, 0.2) is 24.3 Å². The van der Waals surface area contributed by atoms with Crippen molar-refractivity contribution in [1.29, 1.82) is 0 Å². The van der Waals surface area contributed by atoms with E-state index in [-0.39, 0.29) is 6.03 Å². The van der Waals surface area contributed by atoms with Crippen LogP contribution in [0.1, 0.15) is 12.8 Å². The highest BCUT2D eigenvalue weighted by molar-refractivity contribution is 14.1. The second-order valence-electron chi connectivity index (χ2n) is 4.49. The van der Waals surface area contributed by atoms with Crippen LogP contribution in [0.3, 0.4) is 0 Å². The minimum Gasteiger partial charge on any atom is -0.324 e. The van der Waals surface area contributed by atoms with E-state index in [4.69, 9.17) is 0 Å². The Kier molecular flexibility index (Phi) is 4.82. The third-order valence-electron chi connectivity index (χ3n) is 3.29. The zero-order valence-electron chi connectivity index (χ0n) is 10.4. The zero-order valence-corrected chi connectivity index (χ0v) is 12.6. The van der Waals surface area contributed by atoms with Crippen molar-refractivity contribution in [3.63, 3.8) is 0 Å². The predicted octanol–water partition coefficient (Wildman–Crippen LogP) is 2.51. The molecule has 0 aromatic heterocycles. The summed E-state index contributed by atoms with van der Waals surface area (Å²) in [4.78, 5) is 13.9. The molecule has 1 heterocycles. The van der Waals surface area contributed by atoms with Crippen molar-refractivity contribution in [1.82, 2.24) is 10.2 Å². The molecule has 1 saturated heterocycles. The van der Waals surface area contributed by atoms with Crippen molar-refractivity contribution < 1.29 is 4.79 Å². The molecule has 2 N–H and O–H groups in total. The largest absolute Gasteiger partial charge is 0.324 e. The van der Waals surface area contributed by atoms with E-state index >= 15 is 0 Å². The Hall–Kier alpha value is -0.820. The number of halogens is 1. The van der Waals surface area contributed by atoms with Crippen LogP contribution in [-0.4, -0.2) is 37.1 Å². The van der Waals surface area contributed by atoms with E-state index in [1.54, 1.807) is 0 Å². The topological polar surface area (TPSA) is 44.4 Å². The fourth-order valence-corrected chi connectivity index (χ4v) is 2.47. The van der Waals surface area contributed by atoms with E-state index in [0.717, 1.165) is 31.6 Å². The first-order valence-corrected chi connectivity index (χ1v) is 7.25. The van der Waals surface area contributed by atoms with Crippen molar-refractivity contribution in [3.8, 4) is 0 Å². The SMILES string of the molecule is CNC1CCN(C(=O)Nc2ccc(I)cc2)CC1. The first-order chi connectivity index (χ1) is 8.69. The molecule has 1 fully saturated rings. The van der Waals surface area contributed by atoms with Crippen LogP contribution in [0.5, 0.6) is 0 Å². The molecule has 18 heavy (non-hydrogen) atoms. The number of hydrogen-bond acceptors (Lipinski definition) is 2. The molecule has 0 unspecified atom stereocenters. The van der Waals surface area contributed by atoms with Crippen molar-refractivity contribution in [2.45, 2.75) is 18.9 Å². The van der Waals surface area contributed by atoms with Gasteiger partial charge in [0.1, 0.15) is 0 Å². The highest BCUT2D eigenvalue weighted by Crippen LogP contribution is 2.14. The normalized spacial score (nSPS) is 16.7. The fraction of sp³-hybridized carbons (Fsp3) is 0.462. The van der Waals surface area contributed by atoms with Gasteiger partial charge in [0.25, 0.3) is 0 Å². The van der Waals surface area contributed by atoms with Crippen molar-refractivity contribution in [2.24, 2.45) is 0 Å². The number of amides is 2. The first kappa shape index (κ1) is 13.6. The molecule has 0 radical (unpaired) electrons. The third-order valence-corrected chi connectivity index (χ3v) is 4.01. The summed E-state index contributed by atoms with van der Waals surface area (Å²) < 4.78 is 1.17. The molecule has 0 bridgehead atoms. The van der Waals surface area contributed by atoms with E-state index in [1.165, 1.54) is 3.57 Å². The van der Waals surface area contributed by atoms with E-state index in [1.807, 2.05) is 36.2 Å². The molecule has 2 amide bonds. The highest BCUT2D eigenvalue weighted by atomic mass is 127. The number of rotatable bonds is 2. The van der Waals surface area contributed by atoms with Gasteiger partial charge in [0.05, 0.1) is 0 Å². The van der Waals surface area contributed by atoms with Gasteiger partial charge in [-0.05, 0) is 66.7 Å². The number of urea groups is 1. The number of piperidine rings is 1. The average molecular weight is 359 g/mol. The number of likely N-dealkylation sites (tertiary alicyclic amines) is 1. The van der Waals surface area contributed by atoms with E-state index in [0.29, 0.717) is 6.04 Å². The van der Waals surface area contributed by atoms with Gasteiger partial charge in [-0.25, -0.2) is 4.79 Å². The quantitative estimate of drug-likeness (QED) is 0.797. The Morgan fingerprint density at radius 1 is 1.28 bits per heavy atom. The molecule has 0 aliphatic carbocycles. The monoisotopic (exact) mass is 359 g/mol. The van der Waals surface area contributed by atoms with E-state index in [2.05, 4.69) is 33.2 Å². The molecule has 98 valence electrons. The number of benzene rings is 1. The summed E-state index contributed by atoms with van der Waals surface area (Å²) in [6, 6.07) is 8.39. The van der Waals surface area contributed by atoms with Gasteiger partial charge < -0.3 is 15.5 Å². The van der Waals surface area contributed by atoms with Crippen LogP contribution in [0, 0.1) is 3.57 Å². The summed E-state index contributed by atoms with van der Waals surface area (Å²) in [5, 5.41) is 6.20. The summed E-state index contributed by atoms with van der Waals surface area (Å²) in [6.07, 6.45) is 2.05. The number of carbonyl (C=O) groups excluding carboxylic acids is 1. The predicted molar refractivity (Wildman–Crippen MR) is 81.8 cm³/mol. The number of nitrogens with zero attached hydrogens (tertiary/aromatic N) is 1. The smallest absolute Gasteiger partial charge is 0.321 e. The van der Waals surface area contributed by atoms with Gasteiger partial charge >= 0.3 is 6.03 Å². The average Bonchev–Trinajstić information content (AvgIpc) is 2.41. The Morgan fingerprint density at radius 3 is 2.44 bits per heavy atom. The molecule has 0 saturated carbocycles. The van der Waals surface area contributed by atoms with Crippen LogP contribution >= 0.6 is 22.6 Å². The lowest BCUT2D eigenvalue weighted by Gasteiger charge is -2.31. The molecule has 1 aromatic rings. The van der Waals surface area contributed by atoms with Gasteiger partial charge in [0.2, 0.25) is 0 Å². The van der Waals surface area contributed by atoms with Crippen molar-refractivity contribution in [2.75, 3.05) is 25.5 Å². The molecule has 0 spiro atoms. The number of nitrogens with one attached hydrogen (secondary N) is 2. The zero-order chi connectivity index (χ0) is 13.0. The molecule has 5 heteroatoms. The molecular weight excluding hydrogens is 341 g/mol. The lowest BCUT2D eigenvalue weighted by Crippen LogP contribution is -2.45. The Labute approximate surface area is 121 Å². The number of anilines is 1. The number of hydrogen-bond donors (Lipinski definition) is 2. The minimum atomic E-state index is 0.00533. The van der Waals surface area contributed by atoms with Crippen LogP contribution < -0.4 is 10.6 Å². The minimum absolute atomic E-state index is 0.00533. The van der Waals surface area contributed by atoms with Crippen LogP contribution in [0.2, 0.25) is 0 Å². The van der Waals surface area contributed by atoms with Gasteiger partial charge in [0, 0.05) is 28.4 Å². The van der Waals surface area contributed by atoms with Gasteiger partial charge in [-0.15, -0.1) is 0 Å². The molecule has 1 aliphatic heterocycles. The maximum Gasteiger partial charge on any atom is 0.321 e. The molecular formula is C13H18IN3O. The molecule has 1 aromatic carbocycles. The molecule has 0 atom stereocenters. The van der Waals surface area contributed by atoms with E-state index in [9.17, 15) is 4.79 Å². The number of carbonyl (C=O) groups is 1. The Bertz CT molecular complexity index is 399. The van der Waals surface area contributed by atoms with Crippen molar-refractivity contribution >= 4 is 34.3 Å². The third kappa shape index (κ3) is 3.58. The van der Waals surface area contributed by atoms with Gasteiger partial charge in [-0.1, -0.05) is 0 Å². The maximum atomic E-state index is 12.0. The Balaban J connectivity index is 1.87. The summed E-state index contributed by atoms with van der Waals surface area (Å²) in [5.74, 6) is 0. The highest BCUT2D eigenvalue weighted by Gasteiger charge is 2.21. The summed E-state index contributed by atoms with van der Waals surface area (Å²) in [7, 11) is 1.98. The Morgan fingerprint density at radius 2 is 1.89 bits per heavy atom. The van der Waals surface area contributed by atoms with Gasteiger partial charge in [-0.3, -0.25) is 0 Å². The second-order valence-corrected chi connectivity index (χ2v) is 5.73. The molecule has 4 nitrogen and oxygen atoms in total. The van der Waals surface area contributed by atoms with E-state index < -0.39 is 0 Å². The summed E-state index contributed by atoms with van der Waals surface area (Å²) >= 11 is 2.25. The molecule has 2 rings (SSSR count). The van der Waals surface area contributed by atoms with Crippen LogP contribution in [0.4, 0.5) is 10.5 Å². The fourth-order valence-electron chi connectivity index (χ4n) is 2.11. The molecule has 1 aliphatic rings. The lowest BCUT2D eigenvalue weighted by molar-refractivity contribution is 0.190. The summed E-state index contributed by atoms with van der Waals surface area (Å²) in [5.41, 5.74) is 0.858. The van der Waals surface area contributed by atoms with Gasteiger partial charge in [-0.2, -0.15) is 0 Å². The van der Waals surface area contributed by atoms with Gasteiger partial charge in [0.15, 0.2) is 0 Å². The maximum absolute atomic E-state index is 12.0.